The van der Waals surface area contributed by atoms with Crippen molar-refractivity contribution in [1.29, 1.82) is 0 Å². The van der Waals surface area contributed by atoms with Gasteiger partial charge in [0.15, 0.2) is 0 Å². The summed E-state index contributed by atoms with van der Waals surface area (Å²) in [5.74, 6) is 2.24. The number of aliphatic imine (C=N–C) groups is 1. The zero-order valence-electron chi connectivity index (χ0n) is 17.3. The largest absolute Gasteiger partial charge is 0.370 e. The van der Waals surface area contributed by atoms with Crippen molar-refractivity contribution in [3.05, 3.63) is 40.2 Å². The number of rotatable bonds is 5. The summed E-state index contributed by atoms with van der Waals surface area (Å²) in [4.78, 5) is 10.0. The van der Waals surface area contributed by atoms with Gasteiger partial charge >= 0.3 is 0 Å². The molecular formula is C22H34N4. The molecule has 3 rings (SSSR count). The van der Waals surface area contributed by atoms with E-state index in [4.69, 9.17) is 4.99 Å². The number of hydrogen-bond donors (Lipinski definition) is 1. The third kappa shape index (κ3) is 3.34. The quantitative estimate of drug-likeness (QED) is 0.844. The van der Waals surface area contributed by atoms with Crippen molar-refractivity contribution < 1.29 is 0 Å². The van der Waals surface area contributed by atoms with Crippen LogP contribution in [0.15, 0.2) is 28.5 Å². The molecule has 26 heavy (non-hydrogen) atoms. The Morgan fingerprint density at radius 3 is 2.42 bits per heavy atom. The van der Waals surface area contributed by atoms with Crippen molar-refractivity contribution in [2.24, 2.45) is 4.99 Å². The summed E-state index contributed by atoms with van der Waals surface area (Å²) >= 11 is 0. The summed E-state index contributed by atoms with van der Waals surface area (Å²) < 4.78 is 0. The molecule has 0 spiro atoms. The maximum Gasteiger partial charge on any atom is 0.131 e. The van der Waals surface area contributed by atoms with Crippen LogP contribution in [-0.2, 0) is 0 Å². The van der Waals surface area contributed by atoms with Gasteiger partial charge < -0.3 is 15.1 Å². The van der Waals surface area contributed by atoms with E-state index in [0.717, 1.165) is 44.1 Å². The highest BCUT2D eigenvalue weighted by Gasteiger charge is 2.37. The number of hydrogen-bond acceptors (Lipinski definition) is 4. The first-order chi connectivity index (χ1) is 12.5. The molecule has 1 unspecified atom stereocenters. The standard InChI is InChI=1S/C22H34N4/c1-7-11-23-21-19-10-9-12-26(22(19)25(8-2)18(6)24-21)20-16(4)13-15(3)14-17(20)5/h13-14,22-23H,7-12H2,1-6H3. The molecule has 0 amide bonds. The van der Waals surface area contributed by atoms with Gasteiger partial charge in [-0.1, -0.05) is 24.6 Å². The number of piperidine rings is 1. The molecule has 1 atom stereocenters. The van der Waals surface area contributed by atoms with Gasteiger partial charge in [0, 0.05) is 30.9 Å². The van der Waals surface area contributed by atoms with E-state index in [2.05, 4.69) is 68.8 Å². The van der Waals surface area contributed by atoms with Gasteiger partial charge in [-0.25, -0.2) is 4.99 Å². The van der Waals surface area contributed by atoms with E-state index in [1.54, 1.807) is 0 Å². The molecule has 0 bridgehead atoms. The smallest absolute Gasteiger partial charge is 0.131 e. The van der Waals surface area contributed by atoms with Crippen LogP contribution < -0.4 is 10.2 Å². The average molecular weight is 355 g/mol. The number of nitrogens with one attached hydrogen (secondary N) is 1. The van der Waals surface area contributed by atoms with Crippen molar-refractivity contribution >= 4 is 11.5 Å². The SMILES string of the molecule is CCCNC1=C2CCCN(c3c(C)cc(C)cc3C)C2N(CC)C(C)=N1. The molecule has 2 heterocycles. The third-order valence-corrected chi connectivity index (χ3v) is 5.55. The summed E-state index contributed by atoms with van der Waals surface area (Å²) in [6.45, 7) is 16.4. The fourth-order valence-electron chi connectivity index (χ4n) is 4.61. The number of benzene rings is 1. The van der Waals surface area contributed by atoms with Crippen molar-refractivity contribution in [3.63, 3.8) is 0 Å². The lowest BCUT2D eigenvalue weighted by Gasteiger charge is -2.49. The molecule has 0 aliphatic carbocycles. The Labute approximate surface area is 159 Å². The molecule has 0 aromatic heterocycles. The minimum Gasteiger partial charge on any atom is -0.370 e. The second kappa shape index (κ2) is 7.73. The normalized spacial score (nSPS) is 20.2. The topological polar surface area (TPSA) is 30.9 Å². The van der Waals surface area contributed by atoms with Gasteiger partial charge in [-0.05, 0) is 65.0 Å². The third-order valence-electron chi connectivity index (χ3n) is 5.55. The summed E-state index contributed by atoms with van der Waals surface area (Å²) in [7, 11) is 0. The summed E-state index contributed by atoms with van der Waals surface area (Å²) in [6.07, 6.45) is 3.71. The maximum absolute atomic E-state index is 4.93. The first kappa shape index (κ1) is 18.8. The van der Waals surface area contributed by atoms with Crippen LogP contribution in [0, 0.1) is 20.8 Å². The number of nitrogens with zero attached hydrogens (tertiary/aromatic N) is 3. The Kier molecular flexibility index (Phi) is 5.59. The Bertz CT molecular complexity index is 709. The highest BCUT2D eigenvalue weighted by Crippen LogP contribution is 2.38. The van der Waals surface area contributed by atoms with Crippen molar-refractivity contribution in [2.45, 2.75) is 67.0 Å². The fraction of sp³-hybridized carbons (Fsp3) is 0.591. The van der Waals surface area contributed by atoms with Crippen molar-refractivity contribution in [3.8, 4) is 0 Å². The van der Waals surface area contributed by atoms with Gasteiger partial charge in [0.2, 0.25) is 0 Å². The van der Waals surface area contributed by atoms with Crippen molar-refractivity contribution in [2.75, 3.05) is 24.5 Å². The van der Waals surface area contributed by atoms with Gasteiger partial charge in [-0.3, -0.25) is 0 Å². The fourth-order valence-corrected chi connectivity index (χ4v) is 4.61. The molecule has 1 N–H and O–H groups in total. The van der Waals surface area contributed by atoms with Crippen molar-refractivity contribution in [1.82, 2.24) is 10.2 Å². The summed E-state index contributed by atoms with van der Waals surface area (Å²) in [5.41, 5.74) is 6.96. The van der Waals surface area contributed by atoms with Gasteiger partial charge in [0.05, 0.1) is 0 Å². The second-order valence-electron chi connectivity index (χ2n) is 7.66. The lowest BCUT2D eigenvalue weighted by Crippen LogP contribution is -2.56. The van der Waals surface area contributed by atoms with E-state index in [0.29, 0.717) is 0 Å². The van der Waals surface area contributed by atoms with Gasteiger partial charge in [-0.15, -0.1) is 0 Å². The van der Waals surface area contributed by atoms with Crippen LogP contribution in [0.5, 0.6) is 0 Å². The molecule has 1 fully saturated rings. The Balaban J connectivity index is 2.09. The minimum atomic E-state index is 0.283. The van der Waals surface area contributed by atoms with E-state index in [1.165, 1.54) is 34.4 Å². The van der Waals surface area contributed by atoms with Crippen LogP contribution in [0.4, 0.5) is 5.69 Å². The molecule has 142 valence electrons. The Hall–Kier alpha value is -1.97. The number of fused-ring (bicyclic) bond motifs is 1. The van der Waals surface area contributed by atoms with Crippen LogP contribution in [0.1, 0.15) is 56.7 Å². The molecule has 2 aliphatic rings. The lowest BCUT2D eigenvalue weighted by molar-refractivity contribution is 0.307. The zero-order valence-corrected chi connectivity index (χ0v) is 17.3. The van der Waals surface area contributed by atoms with E-state index < -0.39 is 0 Å². The number of likely N-dealkylation sites (N-methyl/N-ethyl adjacent to an activating group) is 1. The Morgan fingerprint density at radius 2 is 1.81 bits per heavy atom. The molecule has 0 radical (unpaired) electrons. The molecular weight excluding hydrogens is 320 g/mol. The molecule has 0 saturated carbocycles. The molecule has 4 heteroatoms. The van der Waals surface area contributed by atoms with Crippen LogP contribution in [-0.4, -0.2) is 36.5 Å². The number of amidine groups is 1. The first-order valence-corrected chi connectivity index (χ1v) is 10.1. The number of anilines is 1. The summed E-state index contributed by atoms with van der Waals surface area (Å²) in [5, 5.41) is 3.59. The van der Waals surface area contributed by atoms with Gasteiger partial charge in [0.1, 0.15) is 17.8 Å². The van der Waals surface area contributed by atoms with E-state index >= 15 is 0 Å². The minimum absolute atomic E-state index is 0.283. The maximum atomic E-state index is 4.93. The summed E-state index contributed by atoms with van der Waals surface area (Å²) in [6, 6.07) is 4.63. The molecule has 1 aromatic rings. The van der Waals surface area contributed by atoms with Crippen LogP contribution in [0.2, 0.25) is 0 Å². The van der Waals surface area contributed by atoms with Crippen LogP contribution in [0.3, 0.4) is 0 Å². The predicted molar refractivity (Wildman–Crippen MR) is 112 cm³/mol. The zero-order chi connectivity index (χ0) is 18.8. The van der Waals surface area contributed by atoms with E-state index in [-0.39, 0.29) is 6.17 Å². The monoisotopic (exact) mass is 354 g/mol. The molecule has 4 nitrogen and oxygen atoms in total. The van der Waals surface area contributed by atoms with Crippen LogP contribution >= 0.6 is 0 Å². The molecule has 1 aromatic carbocycles. The first-order valence-electron chi connectivity index (χ1n) is 10.1. The average Bonchev–Trinajstić information content (AvgIpc) is 2.59. The van der Waals surface area contributed by atoms with Gasteiger partial charge in [-0.2, -0.15) is 0 Å². The predicted octanol–water partition coefficient (Wildman–Crippen LogP) is 4.50. The number of aryl methyl sites for hydroxylation is 3. The van der Waals surface area contributed by atoms with Crippen LogP contribution in [0.25, 0.3) is 0 Å². The van der Waals surface area contributed by atoms with Gasteiger partial charge in [0.25, 0.3) is 0 Å². The lowest BCUT2D eigenvalue weighted by atomic mass is 9.94. The highest BCUT2D eigenvalue weighted by molar-refractivity contribution is 5.83. The second-order valence-corrected chi connectivity index (χ2v) is 7.66. The highest BCUT2D eigenvalue weighted by atomic mass is 15.4. The van der Waals surface area contributed by atoms with E-state index in [1.807, 2.05) is 0 Å². The Morgan fingerprint density at radius 1 is 1.12 bits per heavy atom. The molecule has 2 aliphatic heterocycles. The molecule has 1 saturated heterocycles. The van der Waals surface area contributed by atoms with E-state index in [9.17, 15) is 0 Å².